The molecule has 0 radical (unpaired) electrons. The monoisotopic (exact) mass is 442 g/mol. The first-order valence-electron chi connectivity index (χ1n) is 9.75. The van der Waals surface area contributed by atoms with E-state index in [0.29, 0.717) is 28.6 Å². The lowest BCUT2D eigenvalue weighted by Gasteiger charge is -2.17. The zero-order chi connectivity index (χ0) is 22.7. The molecule has 1 unspecified atom stereocenters. The van der Waals surface area contributed by atoms with E-state index in [1.165, 1.54) is 12.1 Å². The number of nitrogens with one attached hydrogen (secondary N) is 1. The summed E-state index contributed by atoms with van der Waals surface area (Å²) in [6.07, 6.45) is 0.464. The van der Waals surface area contributed by atoms with Crippen LogP contribution in [-0.2, 0) is 4.79 Å². The van der Waals surface area contributed by atoms with E-state index in [1.54, 1.807) is 36.7 Å². The molecule has 31 heavy (non-hydrogen) atoms. The van der Waals surface area contributed by atoms with Crippen molar-refractivity contribution in [3.05, 3.63) is 74.6 Å². The Bertz CT molecular complexity index is 1130. The molecule has 0 aliphatic rings. The predicted molar refractivity (Wildman–Crippen MR) is 119 cm³/mol. The fourth-order valence-corrected chi connectivity index (χ4v) is 3.33. The molecular weight excluding hydrogens is 420 g/mol. The van der Waals surface area contributed by atoms with Crippen molar-refractivity contribution in [2.24, 2.45) is 0 Å². The molecule has 0 aliphatic carbocycles. The van der Waals surface area contributed by atoms with Crippen molar-refractivity contribution in [1.82, 2.24) is 9.78 Å². The zero-order valence-electron chi connectivity index (χ0n) is 17.7. The molecule has 162 valence electrons. The minimum atomic E-state index is -0.619. The fraction of sp³-hybridized carbons (Fsp3) is 0.273. The SMILES string of the molecule is CCC(C(=O)Nc1cc(Oc2ccc(C)cc2)cc([N+](=O)[O-])c1)n1nc(C)c(Cl)c1C. The van der Waals surface area contributed by atoms with Gasteiger partial charge in [-0.1, -0.05) is 36.2 Å². The van der Waals surface area contributed by atoms with Gasteiger partial charge in [0, 0.05) is 12.1 Å². The number of ether oxygens (including phenoxy) is 1. The standard InChI is InChI=1S/C22H23ClN4O4/c1-5-20(26-15(4)21(23)14(3)25-26)22(28)24-16-10-17(27(29)30)12-19(11-16)31-18-8-6-13(2)7-9-18/h6-12,20H,5H2,1-4H3,(H,24,28). The van der Waals surface area contributed by atoms with Gasteiger partial charge in [0.25, 0.3) is 5.69 Å². The number of anilines is 1. The van der Waals surface area contributed by atoms with Crippen molar-refractivity contribution in [2.45, 2.75) is 40.2 Å². The molecule has 3 rings (SSSR count). The molecule has 8 nitrogen and oxygen atoms in total. The summed E-state index contributed by atoms with van der Waals surface area (Å²) in [5.74, 6) is 0.425. The second-order valence-electron chi connectivity index (χ2n) is 7.23. The number of halogens is 1. The van der Waals surface area contributed by atoms with Gasteiger partial charge in [-0.15, -0.1) is 0 Å². The molecule has 0 aliphatic heterocycles. The van der Waals surface area contributed by atoms with E-state index in [0.717, 1.165) is 5.56 Å². The topological polar surface area (TPSA) is 99.3 Å². The first-order chi connectivity index (χ1) is 14.7. The summed E-state index contributed by atoms with van der Waals surface area (Å²) >= 11 is 6.22. The lowest BCUT2D eigenvalue weighted by Crippen LogP contribution is -2.27. The number of carbonyl (C=O) groups is 1. The largest absolute Gasteiger partial charge is 0.457 e. The average Bonchev–Trinajstić information content (AvgIpc) is 2.97. The number of nitro benzene ring substituents is 1. The normalized spacial score (nSPS) is 11.8. The number of non-ortho nitro benzene ring substituents is 1. The maximum Gasteiger partial charge on any atom is 0.275 e. The third-order valence-electron chi connectivity index (χ3n) is 4.85. The Morgan fingerprint density at radius 2 is 1.87 bits per heavy atom. The van der Waals surface area contributed by atoms with Crippen molar-refractivity contribution < 1.29 is 14.5 Å². The summed E-state index contributed by atoms with van der Waals surface area (Å²) in [4.78, 5) is 23.8. The van der Waals surface area contributed by atoms with Crippen LogP contribution >= 0.6 is 11.6 Å². The summed E-state index contributed by atoms with van der Waals surface area (Å²) in [5.41, 5.74) is 2.45. The van der Waals surface area contributed by atoms with Crippen LogP contribution in [0.1, 0.15) is 36.3 Å². The molecule has 0 saturated carbocycles. The van der Waals surface area contributed by atoms with Crippen LogP contribution in [0, 0.1) is 30.9 Å². The third-order valence-corrected chi connectivity index (χ3v) is 5.39. The summed E-state index contributed by atoms with van der Waals surface area (Å²) in [6.45, 7) is 7.36. The number of hydrogen-bond donors (Lipinski definition) is 1. The van der Waals surface area contributed by atoms with Crippen molar-refractivity contribution in [2.75, 3.05) is 5.32 Å². The molecule has 0 spiro atoms. The van der Waals surface area contributed by atoms with E-state index in [4.69, 9.17) is 16.3 Å². The molecule has 0 bridgehead atoms. The van der Waals surface area contributed by atoms with Crippen LogP contribution in [0.25, 0.3) is 0 Å². The minimum Gasteiger partial charge on any atom is -0.457 e. The molecule has 2 aromatic carbocycles. The number of benzene rings is 2. The van der Waals surface area contributed by atoms with Crippen molar-refractivity contribution >= 4 is 28.9 Å². The van der Waals surface area contributed by atoms with E-state index < -0.39 is 11.0 Å². The number of nitro groups is 1. The van der Waals surface area contributed by atoms with Gasteiger partial charge in [0.2, 0.25) is 5.91 Å². The maximum atomic E-state index is 13.0. The van der Waals surface area contributed by atoms with Gasteiger partial charge in [0.1, 0.15) is 17.5 Å². The Hall–Kier alpha value is -3.39. The van der Waals surface area contributed by atoms with Gasteiger partial charge in [-0.05, 0) is 39.3 Å². The molecule has 9 heteroatoms. The van der Waals surface area contributed by atoms with Crippen LogP contribution in [0.3, 0.4) is 0 Å². The third kappa shape index (κ3) is 5.03. The van der Waals surface area contributed by atoms with Gasteiger partial charge in [0.15, 0.2) is 0 Å². The van der Waals surface area contributed by atoms with Crippen LogP contribution in [-0.4, -0.2) is 20.6 Å². The first-order valence-corrected chi connectivity index (χ1v) is 10.1. The second-order valence-corrected chi connectivity index (χ2v) is 7.61. The number of carbonyl (C=O) groups excluding carboxylic acids is 1. The van der Waals surface area contributed by atoms with Crippen molar-refractivity contribution in [3.8, 4) is 11.5 Å². The molecule has 1 heterocycles. The van der Waals surface area contributed by atoms with Crippen LogP contribution in [0.15, 0.2) is 42.5 Å². The van der Waals surface area contributed by atoms with Gasteiger partial charge in [-0.2, -0.15) is 5.10 Å². The number of nitrogens with zero attached hydrogens (tertiary/aromatic N) is 3. The van der Waals surface area contributed by atoms with Crippen molar-refractivity contribution in [1.29, 1.82) is 0 Å². The maximum absolute atomic E-state index is 13.0. The zero-order valence-corrected chi connectivity index (χ0v) is 18.4. The molecule has 0 saturated heterocycles. The summed E-state index contributed by atoms with van der Waals surface area (Å²) in [5, 5.41) is 19.0. The number of hydrogen-bond acceptors (Lipinski definition) is 5. The highest BCUT2D eigenvalue weighted by atomic mass is 35.5. The van der Waals surface area contributed by atoms with Gasteiger partial charge >= 0.3 is 0 Å². The quantitative estimate of drug-likeness (QED) is 0.371. The Morgan fingerprint density at radius 3 is 2.42 bits per heavy atom. The number of aromatic nitrogens is 2. The number of amides is 1. The van der Waals surface area contributed by atoms with E-state index >= 15 is 0 Å². The van der Waals surface area contributed by atoms with E-state index in [2.05, 4.69) is 10.4 Å². The molecule has 1 N–H and O–H groups in total. The fourth-order valence-electron chi connectivity index (χ4n) is 3.20. The smallest absolute Gasteiger partial charge is 0.275 e. The molecular formula is C22H23ClN4O4. The highest BCUT2D eigenvalue weighted by Gasteiger charge is 2.24. The minimum absolute atomic E-state index is 0.192. The van der Waals surface area contributed by atoms with E-state index in [1.807, 2.05) is 26.0 Å². The van der Waals surface area contributed by atoms with E-state index in [9.17, 15) is 14.9 Å². The molecule has 0 fully saturated rings. The lowest BCUT2D eigenvalue weighted by atomic mass is 10.2. The molecule has 1 aromatic heterocycles. The van der Waals surface area contributed by atoms with Crippen LogP contribution < -0.4 is 10.1 Å². The van der Waals surface area contributed by atoms with Crippen LogP contribution in [0.5, 0.6) is 11.5 Å². The van der Waals surface area contributed by atoms with Gasteiger partial charge < -0.3 is 10.1 Å². The Balaban J connectivity index is 1.89. The molecule has 3 aromatic rings. The molecule has 1 amide bonds. The lowest BCUT2D eigenvalue weighted by molar-refractivity contribution is -0.384. The average molecular weight is 443 g/mol. The first kappa shape index (κ1) is 22.3. The second kappa shape index (κ2) is 9.18. The Kier molecular flexibility index (Phi) is 6.60. The van der Waals surface area contributed by atoms with Gasteiger partial charge in [0.05, 0.1) is 33.1 Å². The summed E-state index contributed by atoms with van der Waals surface area (Å²) in [6, 6.07) is 10.8. The highest BCUT2D eigenvalue weighted by molar-refractivity contribution is 6.31. The predicted octanol–water partition coefficient (Wildman–Crippen LogP) is 5.75. The Morgan fingerprint density at radius 1 is 1.19 bits per heavy atom. The number of rotatable bonds is 7. The molecule has 1 atom stereocenters. The van der Waals surface area contributed by atoms with Crippen LogP contribution in [0.2, 0.25) is 5.02 Å². The number of aryl methyl sites for hydroxylation is 2. The van der Waals surface area contributed by atoms with E-state index in [-0.39, 0.29) is 23.0 Å². The van der Waals surface area contributed by atoms with Crippen LogP contribution in [0.4, 0.5) is 11.4 Å². The highest BCUT2D eigenvalue weighted by Crippen LogP contribution is 2.31. The summed E-state index contributed by atoms with van der Waals surface area (Å²) < 4.78 is 7.34. The van der Waals surface area contributed by atoms with Gasteiger partial charge in [-0.25, -0.2) is 0 Å². The van der Waals surface area contributed by atoms with Gasteiger partial charge in [-0.3, -0.25) is 19.6 Å². The van der Waals surface area contributed by atoms with Crippen molar-refractivity contribution in [3.63, 3.8) is 0 Å². The summed E-state index contributed by atoms with van der Waals surface area (Å²) in [7, 11) is 0. The Labute approximate surface area is 184 Å².